The van der Waals surface area contributed by atoms with Gasteiger partial charge < -0.3 is 9.47 Å². The highest BCUT2D eigenvalue weighted by Gasteiger charge is 2.45. The van der Waals surface area contributed by atoms with E-state index in [0.717, 1.165) is 6.26 Å². The van der Waals surface area contributed by atoms with E-state index in [1.54, 1.807) is 36.4 Å². The van der Waals surface area contributed by atoms with Crippen LogP contribution in [0.2, 0.25) is 5.02 Å². The summed E-state index contributed by atoms with van der Waals surface area (Å²) >= 11 is 5.89. The Kier molecular flexibility index (Phi) is 5.06. The number of ether oxygens (including phenoxy) is 2. The van der Waals surface area contributed by atoms with E-state index < -0.39 is 21.4 Å². The Labute approximate surface area is 163 Å². The maximum Gasteiger partial charge on any atom is 0.375 e. The molecule has 1 heterocycles. The van der Waals surface area contributed by atoms with Gasteiger partial charge in [-0.3, -0.25) is 0 Å². The van der Waals surface area contributed by atoms with Crippen molar-refractivity contribution in [2.24, 2.45) is 0 Å². The number of esters is 1. The van der Waals surface area contributed by atoms with E-state index in [1.165, 1.54) is 12.1 Å². The quantitative estimate of drug-likeness (QED) is 0.694. The fourth-order valence-electron chi connectivity index (χ4n) is 2.91. The highest BCUT2D eigenvalue weighted by atomic mass is 35.5. The third kappa shape index (κ3) is 3.87. The largest absolute Gasteiger partial charge is 0.449 e. The van der Waals surface area contributed by atoms with E-state index in [9.17, 15) is 13.2 Å². The minimum atomic E-state index is -3.31. The number of cyclic esters (lactones) is 1. The Morgan fingerprint density at radius 3 is 2.19 bits per heavy atom. The van der Waals surface area contributed by atoms with E-state index >= 15 is 0 Å². The van der Waals surface area contributed by atoms with Crippen LogP contribution in [-0.2, 0) is 19.4 Å². The lowest BCUT2D eigenvalue weighted by Crippen LogP contribution is -2.26. The second-order valence-corrected chi connectivity index (χ2v) is 8.98. The molecule has 0 amide bonds. The molecule has 7 heteroatoms. The summed E-state index contributed by atoms with van der Waals surface area (Å²) in [5.41, 5.74) is 0.386. The van der Waals surface area contributed by atoms with Crippen LogP contribution in [0.1, 0.15) is 25.8 Å². The molecule has 1 aliphatic rings. The van der Waals surface area contributed by atoms with Crippen LogP contribution in [0.4, 0.5) is 0 Å². The molecule has 27 heavy (non-hydrogen) atoms. The van der Waals surface area contributed by atoms with Gasteiger partial charge >= 0.3 is 5.97 Å². The lowest BCUT2D eigenvalue weighted by atomic mass is 9.88. The Morgan fingerprint density at radius 2 is 1.67 bits per heavy atom. The fourth-order valence-corrected chi connectivity index (χ4v) is 3.67. The predicted octanol–water partition coefficient (Wildman–Crippen LogP) is 4.26. The van der Waals surface area contributed by atoms with Crippen LogP contribution in [0.3, 0.4) is 0 Å². The van der Waals surface area contributed by atoms with E-state index in [4.69, 9.17) is 21.1 Å². The number of halogens is 1. The van der Waals surface area contributed by atoms with Gasteiger partial charge in [-0.15, -0.1) is 0 Å². The van der Waals surface area contributed by atoms with Crippen LogP contribution in [-0.4, -0.2) is 26.2 Å². The molecule has 0 bridgehead atoms. The molecule has 1 aliphatic heterocycles. The maximum absolute atomic E-state index is 12.5. The van der Waals surface area contributed by atoms with Crippen molar-refractivity contribution in [3.63, 3.8) is 0 Å². The van der Waals surface area contributed by atoms with Crippen molar-refractivity contribution in [2.75, 3.05) is 6.26 Å². The average Bonchev–Trinajstić information content (AvgIpc) is 2.87. The molecule has 0 N–H and O–H groups in total. The molecular weight excluding hydrogens is 388 g/mol. The summed E-state index contributed by atoms with van der Waals surface area (Å²) in [5.74, 6) is -0.0118. The van der Waals surface area contributed by atoms with Crippen molar-refractivity contribution in [3.05, 3.63) is 64.9 Å². The molecule has 0 fully saturated rings. The van der Waals surface area contributed by atoms with E-state index in [2.05, 4.69) is 0 Å². The number of carbonyl (C=O) groups excluding carboxylic acids is 1. The van der Waals surface area contributed by atoms with Crippen LogP contribution in [0.5, 0.6) is 5.75 Å². The molecule has 142 valence electrons. The second-order valence-electron chi connectivity index (χ2n) is 6.53. The summed E-state index contributed by atoms with van der Waals surface area (Å²) < 4.78 is 34.8. The zero-order valence-corrected chi connectivity index (χ0v) is 16.7. The molecule has 3 rings (SSSR count). The number of rotatable bonds is 5. The molecule has 0 spiro atoms. The van der Waals surface area contributed by atoms with Gasteiger partial charge in [0.2, 0.25) is 5.76 Å². The molecule has 0 aliphatic carbocycles. The molecule has 1 atom stereocenters. The Morgan fingerprint density at radius 1 is 1.07 bits per heavy atom. The average molecular weight is 407 g/mol. The van der Waals surface area contributed by atoms with Gasteiger partial charge in [0.15, 0.2) is 9.84 Å². The highest BCUT2D eigenvalue weighted by molar-refractivity contribution is 7.90. The molecule has 0 aromatic heterocycles. The summed E-state index contributed by atoms with van der Waals surface area (Å²) in [5, 5.41) is 0.556. The van der Waals surface area contributed by atoms with Gasteiger partial charge in [0.05, 0.1) is 10.5 Å². The third-order valence-corrected chi connectivity index (χ3v) is 5.92. The topological polar surface area (TPSA) is 69.7 Å². The van der Waals surface area contributed by atoms with E-state index in [-0.39, 0.29) is 10.7 Å². The van der Waals surface area contributed by atoms with E-state index in [1.807, 2.05) is 13.8 Å². The predicted molar refractivity (Wildman–Crippen MR) is 103 cm³/mol. The molecule has 5 nitrogen and oxygen atoms in total. The van der Waals surface area contributed by atoms with Crippen molar-refractivity contribution < 1.29 is 22.7 Å². The van der Waals surface area contributed by atoms with Crippen LogP contribution < -0.4 is 4.74 Å². The molecule has 0 saturated carbocycles. The normalized spacial score (nSPS) is 19.9. The van der Waals surface area contributed by atoms with Crippen molar-refractivity contribution >= 4 is 33.0 Å². The standard InChI is InChI=1S/C20H19ClO5S/c1-4-20(2)17(13-5-11-16(12-6-13)27(3,23)24)18(19(22)26-20)25-15-9-7-14(21)8-10-15/h5-12H,4H2,1-3H3/t20-/m1/s1. The number of benzene rings is 2. The molecule has 0 saturated heterocycles. The summed E-state index contributed by atoms with van der Waals surface area (Å²) in [6.07, 6.45) is 1.68. The highest BCUT2D eigenvalue weighted by Crippen LogP contribution is 2.42. The molecule has 2 aromatic rings. The Balaban J connectivity index is 2.10. The number of hydrogen-bond acceptors (Lipinski definition) is 5. The smallest absolute Gasteiger partial charge is 0.375 e. The Bertz CT molecular complexity index is 1010. The van der Waals surface area contributed by atoms with Gasteiger partial charge in [-0.05, 0) is 55.3 Å². The summed E-state index contributed by atoms with van der Waals surface area (Å²) in [6.45, 7) is 3.71. The molecule has 0 unspecified atom stereocenters. The zero-order chi connectivity index (χ0) is 19.8. The van der Waals surface area contributed by atoms with Gasteiger partial charge in [-0.2, -0.15) is 0 Å². The first-order valence-electron chi connectivity index (χ1n) is 8.36. The number of carbonyl (C=O) groups is 1. The van der Waals surface area contributed by atoms with Crippen LogP contribution in [0, 0.1) is 0 Å². The fraction of sp³-hybridized carbons (Fsp3) is 0.250. The maximum atomic E-state index is 12.5. The van der Waals surface area contributed by atoms with Crippen LogP contribution >= 0.6 is 11.6 Å². The lowest BCUT2D eigenvalue weighted by Gasteiger charge is -2.24. The monoisotopic (exact) mass is 406 g/mol. The lowest BCUT2D eigenvalue weighted by molar-refractivity contribution is -0.147. The van der Waals surface area contributed by atoms with Gasteiger partial charge in [-0.1, -0.05) is 30.7 Å². The van der Waals surface area contributed by atoms with Crippen LogP contribution in [0.15, 0.2) is 59.2 Å². The minimum absolute atomic E-state index is 0.0915. The third-order valence-electron chi connectivity index (χ3n) is 4.54. The molecule has 2 aromatic carbocycles. The molecule has 0 radical (unpaired) electrons. The van der Waals surface area contributed by atoms with Gasteiger partial charge in [0, 0.05) is 11.3 Å². The summed E-state index contributed by atoms with van der Waals surface area (Å²) in [7, 11) is -3.31. The first kappa shape index (κ1) is 19.5. The van der Waals surface area contributed by atoms with Crippen molar-refractivity contribution in [1.29, 1.82) is 0 Å². The summed E-state index contributed by atoms with van der Waals surface area (Å²) in [4.78, 5) is 12.7. The SMILES string of the molecule is CC[C@@]1(C)OC(=O)C(Oc2ccc(Cl)cc2)=C1c1ccc(S(C)(=O)=O)cc1. The van der Waals surface area contributed by atoms with Gasteiger partial charge in [0.1, 0.15) is 11.4 Å². The zero-order valence-electron chi connectivity index (χ0n) is 15.2. The van der Waals surface area contributed by atoms with Gasteiger partial charge in [0.25, 0.3) is 0 Å². The number of sulfone groups is 1. The van der Waals surface area contributed by atoms with Gasteiger partial charge in [-0.25, -0.2) is 13.2 Å². The van der Waals surface area contributed by atoms with Crippen molar-refractivity contribution in [1.82, 2.24) is 0 Å². The second kappa shape index (κ2) is 7.02. The summed E-state index contributed by atoms with van der Waals surface area (Å²) in [6, 6.07) is 13.0. The number of hydrogen-bond donors (Lipinski definition) is 0. The Hall–Kier alpha value is -2.31. The van der Waals surface area contributed by atoms with Crippen molar-refractivity contribution in [3.8, 4) is 5.75 Å². The first-order valence-corrected chi connectivity index (χ1v) is 10.6. The minimum Gasteiger partial charge on any atom is -0.449 e. The van der Waals surface area contributed by atoms with Crippen LogP contribution in [0.25, 0.3) is 5.57 Å². The first-order chi connectivity index (χ1) is 12.6. The van der Waals surface area contributed by atoms with Crippen molar-refractivity contribution in [2.45, 2.75) is 30.8 Å². The molecular formula is C20H19ClO5S. The van der Waals surface area contributed by atoms with E-state index in [0.29, 0.717) is 28.3 Å².